The summed E-state index contributed by atoms with van der Waals surface area (Å²) in [6.45, 7) is 6.30. The monoisotopic (exact) mass is 476 g/mol. The van der Waals surface area contributed by atoms with Gasteiger partial charge in [0.25, 0.3) is 5.91 Å². The van der Waals surface area contributed by atoms with Crippen molar-refractivity contribution in [3.63, 3.8) is 0 Å². The van der Waals surface area contributed by atoms with Crippen molar-refractivity contribution in [1.82, 2.24) is 30.0 Å². The van der Waals surface area contributed by atoms with Crippen LogP contribution in [0.4, 0.5) is 0 Å². The number of benzene rings is 1. The van der Waals surface area contributed by atoms with Crippen LogP contribution in [0.25, 0.3) is 16.4 Å². The predicted molar refractivity (Wildman–Crippen MR) is 119 cm³/mol. The molecule has 0 spiro atoms. The van der Waals surface area contributed by atoms with Gasteiger partial charge in [-0.25, -0.2) is 14.3 Å². The Labute approximate surface area is 192 Å². The second-order valence-corrected chi connectivity index (χ2v) is 8.52. The number of hydrogen-bond acceptors (Lipinski definition) is 7. The molecule has 1 amide bonds. The summed E-state index contributed by atoms with van der Waals surface area (Å²) in [5.74, 6) is -0.188. The number of halogens is 2. The van der Waals surface area contributed by atoms with E-state index in [0.717, 1.165) is 5.56 Å². The molecule has 0 bridgehead atoms. The lowest BCUT2D eigenvalue weighted by atomic mass is 10.2. The molecule has 3 aromatic heterocycles. The van der Waals surface area contributed by atoms with Crippen LogP contribution in [0.5, 0.6) is 0 Å². The van der Waals surface area contributed by atoms with Crippen molar-refractivity contribution in [2.75, 3.05) is 6.54 Å². The summed E-state index contributed by atoms with van der Waals surface area (Å²) in [5, 5.41) is 15.6. The number of nitrogens with zero attached hydrogens (tertiary/aromatic N) is 6. The molecule has 0 saturated heterocycles. The molecule has 4 rings (SSSR count). The molecule has 4 aromatic rings. The Morgan fingerprint density at radius 3 is 2.71 bits per heavy atom. The van der Waals surface area contributed by atoms with Crippen molar-refractivity contribution in [1.29, 1.82) is 0 Å². The minimum atomic E-state index is -0.188. The van der Waals surface area contributed by atoms with Crippen LogP contribution in [0.3, 0.4) is 0 Å². The maximum Gasteiger partial charge on any atom is 0.273 e. The Morgan fingerprint density at radius 2 is 2.03 bits per heavy atom. The van der Waals surface area contributed by atoms with Crippen LogP contribution in [0.2, 0.25) is 10.0 Å². The van der Waals surface area contributed by atoms with Gasteiger partial charge in [0.1, 0.15) is 17.1 Å². The van der Waals surface area contributed by atoms with Crippen LogP contribution < -0.4 is 0 Å². The lowest BCUT2D eigenvalue weighted by molar-refractivity contribution is 0.0739. The van der Waals surface area contributed by atoms with Gasteiger partial charge in [0.2, 0.25) is 5.13 Å². The molecule has 3 heterocycles. The molecule has 11 heteroatoms. The summed E-state index contributed by atoms with van der Waals surface area (Å²) in [6, 6.07) is 6.99. The molecule has 8 nitrogen and oxygen atoms in total. The molecule has 0 saturated carbocycles. The molecule has 31 heavy (non-hydrogen) atoms. The molecule has 0 unspecified atom stereocenters. The van der Waals surface area contributed by atoms with Crippen LogP contribution in [0.1, 0.15) is 34.5 Å². The fraction of sp³-hybridized carbons (Fsp3) is 0.250. The van der Waals surface area contributed by atoms with Gasteiger partial charge in [-0.15, -0.1) is 11.3 Å². The van der Waals surface area contributed by atoms with E-state index >= 15 is 0 Å². The van der Waals surface area contributed by atoms with E-state index in [4.69, 9.17) is 27.8 Å². The molecule has 0 atom stereocenters. The maximum absolute atomic E-state index is 13.3. The van der Waals surface area contributed by atoms with E-state index in [1.807, 2.05) is 25.3 Å². The highest BCUT2D eigenvalue weighted by Gasteiger charge is 2.24. The Kier molecular flexibility index (Phi) is 6.08. The van der Waals surface area contributed by atoms with Crippen LogP contribution in [-0.2, 0) is 6.54 Å². The second-order valence-electron chi connectivity index (χ2n) is 6.84. The number of amides is 1. The third-order valence-electron chi connectivity index (χ3n) is 4.69. The van der Waals surface area contributed by atoms with Gasteiger partial charge < -0.3 is 4.90 Å². The van der Waals surface area contributed by atoms with Gasteiger partial charge >= 0.3 is 0 Å². The average molecular weight is 477 g/mol. The molecule has 0 aliphatic rings. The lowest BCUT2D eigenvalue weighted by Gasteiger charge is -2.19. The number of carbonyl (C=O) groups is 1. The van der Waals surface area contributed by atoms with E-state index < -0.39 is 0 Å². The number of aromatic nitrogens is 5. The lowest BCUT2D eigenvalue weighted by Crippen LogP contribution is -2.32. The molecule has 0 aliphatic carbocycles. The topological polar surface area (TPSA) is 89.9 Å². The van der Waals surface area contributed by atoms with Gasteiger partial charge in [0, 0.05) is 22.5 Å². The van der Waals surface area contributed by atoms with E-state index in [1.165, 1.54) is 11.3 Å². The highest BCUT2D eigenvalue weighted by Crippen LogP contribution is 2.32. The zero-order valence-corrected chi connectivity index (χ0v) is 19.3. The predicted octanol–water partition coefficient (Wildman–Crippen LogP) is 4.96. The van der Waals surface area contributed by atoms with Gasteiger partial charge in [-0.1, -0.05) is 33.5 Å². The smallest absolute Gasteiger partial charge is 0.273 e. The van der Waals surface area contributed by atoms with E-state index in [0.29, 0.717) is 56.7 Å². The first-order valence-electron chi connectivity index (χ1n) is 9.42. The van der Waals surface area contributed by atoms with Gasteiger partial charge in [0.15, 0.2) is 0 Å². The van der Waals surface area contributed by atoms with Crippen LogP contribution in [-0.4, -0.2) is 42.4 Å². The number of rotatable bonds is 6. The second kappa shape index (κ2) is 8.78. The third kappa shape index (κ3) is 4.34. The SMILES string of the molecule is CCN(Cc1nonc1C)C(=O)c1cc(C)nn1-c1nc(-c2ccc(Cl)cc2Cl)cs1. The molecule has 0 N–H and O–H groups in total. The average Bonchev–Trinajstić information content (AvgIpc) is 3.46. The minimum Gasteiger partial charge on any atom is -0.331 e. The summed E-state index contributed by atoms with van der Waals surface area (Å²) < 4.78 is 6.31. The number of carbonyl (C=O) groups excluding carboxylic acids is 1. The molecule has 0 fully saturated rings. The quantitative estimate of drug-likeness (QED) is 0.390. The third-order valence-corrected chi connectivity index (χ3v) is 6.05. The van der Waals surface area contributed by atoms with Crippen molar-refractivity contribution >= 4 is 40.4 Å². The van der Waals surface area contributed by atoms with Crippen molar-refractivity contribution in [3.05, 3.63) is 62.5 Å². The highest BCUT2D eigenvalue weighted by atomic mass is 35.5. The van der Waals surface area contributed by atoms with E-state index in [9.17, 15) is 4.79 Å². The first-order chi connectivity index (χ1) is 14.9. The largest absolute Gasteiger partial charge is 0.331 e. The number of thiazole rings is 1. The van der Waals surface area contributed by atoms with Crippen molar-refractivity contribution in [3.8, 4) is 16.4 Å². The Morgan fingerprint density at radius 1 is 1.23 bits per heavy atom. The van der Waals surface area contributed by atoms with Crippen molar-refractivity contribution in [2.45, 2.75) is 27.3 Å². The van der Waals surface area contributed by atoms with Gasteiger partial charge in [-0.3, -0.25) is 4.79 Å². The number of aryl methyl sites for hydroxylation is 2. The van der Waals surface area contributed by atoms with Crippen LogP contribution >= 0.6 is 34.5 Å². The molecular weight excluding hydrogens is 459 g/mol. The zero-order chi connectivity index (χ0) is 22.1. The summed E-state index contributed by atoms with van der Waals surface area (Å²) in [6.07, 6.45) is 0. The Balaban J connectivity index is 1.66. The van der Waals surface area contributed by atoms with Gasteiger partial charge in [0.05, 0.1) is 23.0 Å². The van der Waals surface area contributed by atoms with Crippen molar-refractivity contribution < 1.29 is 9.42 Å². The first-order valence-corrected chi connectivity index (χ1v) is 11.1. The number of hydrogen-bond donors (Lipinski definition) is 0. The fourth-order valence-corrected chi connectivity index (χ4v) is 4.34. The molecule has 0 aliphatic heterocycles. The molecular formula is C20H18Cl2N6O2S. The minimum absolute atomic E-state index is 0.188. The maximum atomic E-state index is 13.3. The highest BCUT2D eigenvalue weighted by molar-refractivity contribution is 7.12. The van der Waals surface area contributed by atoms with E-state index in [2.05, 4.69) is 20.4 Å². The summed E-state index contributed by atoms with van der Waals surface area (Å²) >= 11 is 13.7. The fourth-order valence-electron chi connectivity index (χ4n) is 3.04. The van der Waals surface area contributed by atoms with Gasteiger partial charge in [-0.05, 0) is 45.0 Å². The molecule has 0 radical (unpaired) electrons. The van der Waals surface area contributed by atoms with Crippen LogP contribution in [0, 0.1) is 13.8 Å². The molecule has 160 valence electrons. The van der Waals surface area contributed by atoms with Gasteiger partial charge in [-0.2, -0.15) is 5.10 Å². The van der Waals surface area contributed by atoms with Crippen LogP contribution in [0.15, 0.2) is 34.3 Å². The van der Waals surface area contributed by atoms with Crippen molar-refractivity contribution in [2.24, 2.45) is 0 Å². The summed E-state index contributed by atoms with van der Waals surface area (Å²) in [5.41, 5.74) is 3.84. The first kappa shape index (κ1) is 21.5. The standard InChI is InChI=1S/C20H18Cl2N6O2S/c1-4-27(9-16-12(3)25-30-26-16)19(29)18-7-11(2)24-28(18)20-23-17(10-31-20)14-6-5-13(21)8-15(14)22/h5-8,10H,4,9H2,1-3H3. The summed E-state index contributed by atoms with van der Waals surface area (Å²) in [7, 11) is 0. The normalized spacial score (nSPS) is 11.1. The Bertz CT molecular complexity index is 1250. The van der Waals surface area contributed by atoms with E-state index in [1.54, 1.807) is 34.7 Å². The Hall–Kier alpha value is -2.75. The zero-order valence-electron chi connectivity index (χ0n) is 17.0. The summed E-state index contributed by atoms with van der Waals surface area (Å²) in [4.78, 5) is 19.6. The van der Waals surface area contributed by atoms with E-state index in [-0.39, 0.29) is 5.91 Å². The molecule has 1 aromatic carbocycles.